The first-order valence-corrected chi connectivity index (χ1v) is 6.49. The summed E-state index contributed by atoms with van der Waals surface area (Å²) in [4.78, 5) is 1.80. The lowest BCUT2D eigenvalue weighted by atomic mass is 9.94. The fourth-order valence-electron chi connectivity index (χ4n) is 2.76. The molecule has 0 saturated carbocycles. The van der Waals surface area contributed by atoms with Crippen LogP contribution in [0.4, 0.5) is 13.2 Å². The third kappa shape index (κ3) is 3.30. The Morgan fingerprint density at radius 2 is 2.21 bits per heavy atom. The van der Waals surface area contributed by atoms with E-state index in [1.54, 1.807) is 24.0 Å². The molecule has 3 nitrogen and oxygen atoms in total. The fourth-order valence-corrected chi connectivity index (χ4v) is 2.76. The topological polar surface area (TPSA) is 42.4 Å². The molecule has 0 amide bonds. The molecule has 3 atom stereocenters. The Bertz CT molecular complexity index is 389. The average Bonchev–Trinajstić information content (AvgIpc) is 2.81. The minimum atomic E-state index is -4.13. The molecule has 2 heterocycles. The van der Waals surface area contributed by atoms with Crippen LogP contribution < -0.4 is 5.73 Å². The van der Waals surface area contributed by atoms with Gasteiger partial charge in [-0.05, 0) is 38.4 Å². The molecule has 1 aromatic rings. The molecular formula is C13H19F3N2O. The molecule has 1 aliphatic rings. The van der Waals surface area contributed by atoms with Gasteiger partial charge in [0.15, 0.2) is 0 Å². The van der Waals surface area contributed by atoms with Gasteiger partial charge in [-0.1, -0.05) is 0 Å². The van der Waals surface area contributed by atoms with E-state index in [0.29, 0.717) is 18.7 Å². The molecule has 0 bridgehead atoms. The summed E-state index contributed by atoms with van der Waals surface area (Å²) in [6.07, 6.45) is -1.88. The van der Waals surface area contributed by atoms with E-state index in [1.807, 2.05) is 0 Å². The lowest BCUT2D eigenvalue weighted by Crippen LogP contribution is -2.47. The van der Waals surface area contributed by atoms with Crippen molar-refractivity contribution in [2.24, 2.45) is 11.7 Å². The molecule has 1 fully saturated rings. The normalized spacial score (nSPS) is 25.2. The van der Waals surface area contributed by atoms with Gasteiger partial charge in [0.25, 0.3) is 0 Å². The minimum absolute atomic E-state index is 0.00356. The number of likely N-dealkylation sites (tertiary alicyclic amines) is 1. The molecule has 0 aromatic carbocycles. The van der Waals surface area contributed by atoms with Gasteiger partial charge >= 0.3 is 6.18 Å². The van der Waals surface area contributed by atoms with Crippen LogP contribution in [0.2, 0.25) is 0 Å². The Morgan fingerprint density at radius 3 is 2.74 bits per heavy atom. The molecule has 1 aromatic heterocycles. The highest BCUT2D eigenvalue weighted by Crippen LogP contribution is 2.36. The summed E-state index contributed by atoms with van der Waals surface area (Å²) >= 11 is 0. The van der Waals surface area contributed by atoms with Crippen LogP contribution in [0.3, 0.4) is 0 Å². The van der Waals surface area contributed by atoms with Crippen LogP contribution >= 0.6 is 0 Å². The second-order valence-electron chi connectivity index (χ2n) is 5.20. The van der Waals surface area contributed by atoms with E-state index in [1.165, 1.54) is 6.26 Å². The Labute approximate surface area is 110 Å². The largest absolute Gasteiger partial charge is 0.468 e. The maximum atomic E-state index is 12.8. The van der Waals surface area contributed by atoms with E-state index in [-0.39, 0.29) is 25.0 Å². The molecular weight excluding hydrogens is 257 g/mol. The predicted molar refractivity (Wildman–Crippen MR) is 65.5 cm³/mol. The number of nitrogens with zero attached hydrogens (tertiary/aromatic N) is 1. The van der Waals surface area contributed by atoms with Crippen molar-refractivity contribution in [3.63, 3.8) is 0 Å². The third-order valence-corrected chi connectivity index (χ3v) is 3.64. The Kier molecular flexibility index (Phi) is 4.20. The van der Waals surface area contributed by atoms with Gasteiger partial charge in [-0.15, -0.1) is 0 Å². The average molecular weight is 276 g/mol. The van der Waals surface area contributed by atoms with Gasteiger partial charge < -0.3 is 10.2 Å². The zero-order chi connectivity index (χ0) is 14.0. The summed E-state index contributed by atoms with van der Waals surface area (Å²) in [6.45, 7) is 2.42. The third-order valence-electron chi connectivity index (χ3n) is 3.64. The summed E-state index contributed by atoms with van der Waals surface area (Å²) < 4.78 is 43.8. The highest BCUT2D eigenvalue weighted by molar-refractivity contribution is 5.08. The first kappa shape index (κ1) is 14.4. The van der Waals surface area contributed by atoms with Crippen molar-refractivity contribution >= 4 is 0 Å². The lowest BCUT2D eigenvalue weighted by molar-refractivity contribution is -0.189. The smallest absolute Gasteiger partial charge is 0.393 e. The Morgan fingerprint density at radius 1 is 1.47 bits per heavy atom. The van der Waals surface area contributed by atoms with Crippen LogP contribution in [0.25, 0.3) is 0 Å². The lowest BCUT2D eigenvalue weighted by Gasteiger charge is -2.39. The van der Waals surface area contributed by atoms with Gasteiger partial charge in [-0.25, -0.2) is 0 Å². The molecule has 0 spiro atoms. The second kappa shape index (κ2) is 5.54. The summed E-state index contributed by atoms with van der Waals surface area (Å²) in [6, 6.07) is 2.93. The number of hydrogen-bond donors (Lipinski definition) is 1. The van der Waals surface area contributed by atoms with Crippen LogP contribution in [0, 0.1) is 5.92 Å². The van der Waals surface area contributed by atoms with Gasteiger partial charge in [-0.2, -0.15) is 13.2 Å². The number of rotatable bonds is 3. The molecule has 1 saturated heterocycles. The summed E-state index contributed by atoms with van der Waals surface area (Å²) in [5, 5.41) is 0. The van der Waals surface area contributed by atoms with Crippen molar-refractivity contribution in [1.29, 1.82) is 0 Å². The Hall–Kier alpha value is -1.01. The molecule has 1 aliphatic heterocycles. The van der Waals surface area contributed by atoms with Crippen LogP contribution in [0.1, 0.15) is 31.6 Å². The second-order valence-corrected chi connectivity index (χ2v) is 5.20. The van der Waals surface area contributed by atoms with Crippen LogP contribution in [0.5, 0.6) is 0 Å². The van der Waals surface area contributed by atoms with E-state index >= 15 is 0 Å². The number of furan rings is 1. The van der Waals surface area contributed by atoms with Gasteiger partial charge in [0.2, 0.25) is 0 Å². The van der Waals surface area contributed by atoms with E-state index in [0.717, 1.165) is 0 Å². The highest BCUT2D eigenvalue weighted by Gasteiger charge is 2.43. The van der Waals surface area contributed by atoms with Crippen molar-refractivity contribution in [3.8, 4) is 0 Å². The summed E-state index contributed by atoms with van der Waals surface area (Å²) in [5.41, 5.74) is 5.93. The predicted octanol–water partition coefficient (Wildman–Crippen LogP) is 2.94. The van der Waals surface area contributed by atoms with Crippen molar-refractivity contribution in [1.82, 2.24) is 4.90 Å². The van der Waals surface area contributed by atoms with Crippen LogP contribution in [-0.2, 0) is 0 Å². The van der Waals surface area contributed by atoms with Crippen molar-refractivity contribution < 1.29 is 17.6 Å². The van der Waals surface area contributed by atoms with Gasteiger partial charge in [0.1, 0.15) is 5.76 Å². The fraction of sp³-hybridized carbons (Fsp3) is 0.692. The van der Waals surface area contributed by atoms with E-state index in [9.17, 15) is 13.2 Å². The van der Waals surface area contributed by atoms with E-state index < -0.39 is 12.1 Å². The number of alkyl halides is 3. The maximum absolute atomic E-state index is 12.8. The van der Waals surface area contributed by atoms with E-state index in [4.69, 9.17) is 10.2 Å². The molecule has 19 heavy (non-hydrogen) atoms. The van der Waals surface area contributed by atoms with Crippen LogP contribution in [-0.4, -0.2) is 30.2 Å². The first-order valence-electron chi connectivity index (χ1n) is 6.49. The molecule has 2 N–H and O–H groups in total. The van der Waals surface area contributed by atoms with Gasteiger partial charge in [0, 0.05) is 12.6 Å². The SMILES string of the molecule is CC(N)C(c1ccco1)N1CCCC(C(F)(F)F)C1. The first-order chi connectivity index (χ1) is 8.89. The quantitative estimate of drug-likeness (QED) is 0.923. The summed E-state index contributed by atoms with van der Waals surface area (Å²) in [5.74, 6) is -0.629. The standard InChI is InChI=1S/C13H19F3N2O/c1-9(17)12(11-5-3-7-19-11)18-6-2-4-10(8-18)13(14,15)16/h3,5,7,9-10,12H,2,4,6,8,17H2,1H3. The number of nitrogens with two attached hydrogens (primary N) is 1. The van der Waals surface area contributed by atoms with Crippen molar-refractivity contribution in [2.45, 2.75) is 38.0 Å². The highest BCUT2D eigenvalue weighted by atomic mass is 19.4. The van der Waals surface area contributed by atoms with Gasteiger partial charge in [0.05, 0.1) is 18.2 Å². The zero-order valence-corrected chi connectivity index (χ0v) is 10.9. The van der Waals surface area contributed by atoms with E-state index in [2.05, 4.69) is 0 Å². The molecule has 2 rings (SSSR count). The zero-order valence-electron chi connectivity index (χ0n) is 10.9. The van der Waals surface area contributed by atoms with Crippen molar-refractivity contribution in [2.75, 3.05) is 13.1 Å². The maximum Gasteiger partial charge on any atom is 0.393 e. The molecule has 0 radical (unpaired) electrons. The number of piperidine rings is 1. The van der Waals surface area contributed by atoms with Gasteiger partial charge in [-0.3, -0.25) is 4.90 Å². The molecule has 6 heteroatoms. The van der Waals surface area contributed by atoms with Crippen LogP contribution in [0.15, 0.2) is 22.8 Å². The monoisotopic (exact) mass is 276 g/mol. The number of halogens is 3. The molecule has 0 aliphatic carbocycles. The van der Waals surface area contributed by atoms with Crippen molar-refractivity contribution in [3.05, 3.63) is 24.2 Å². The molecule has 3 unspecified atom stereocenters. The Balaban J connectivity index is 2.14. The minimum Gasteiger partial charge on any atom is -0.468 e. The summed E-state index contributed by atoms with van der Waals surface area (Å²) in [7, 11) is 0. The number of hydrogen-bond acceptors (Lipinski definition) is 3. The molecule has 108 valence electrons.